The van der Waals surface area contributed by atoms with Crippen molar-refractivity contribution in [3.8, 4) is 22.4 Å². The molecule has 60 heavy (non-hydrogen) atoms. The van der Waals surface area contributed by atoms with Crippen LogP contribution in [0.25, 0.3) is 44.2 Å². The fraction of sp³-hybridized carbons (Fsp3) is 0.348. The van der Waals surface area contributed by atoms with Crippen LogP contribution in [0.4, 0.5) is 4.79 Å². The summed E-state index contributed by atoms with van der Waals surface area (Å²) in [4.78, 5) is 65.6. The van der Waals surface area contributed by atoms with E-state index in [1.807, 2.05) is 61.3 Å². The van der Waals surface area contributed by atoms with Crippen LogP contribution in [-0.2, 0) is 30.3 Å². The number of amides is 3. The highest BCUT2D eigenvalue weighted by Gasteiger charge is 2.37. The second-order valence-electron chi connectivity index (χ2n) is 15.1. The van der Waals surface area contributed by atoms with Crippen LogP contribution in [0.2, 0.25) is 0 Å². The predicted molar refractivity (Wildman–Crippen MR) is 232 cm³/mol. The lowest BCUT2D eigenvalue weighted by Gasteiger charge is -2.29. The summed E-state index contributed by atoms with van der Waals surface area (Å²) in [6, 6.07) is 27.6. The van der Waals surface area contributed by atoms with Gasteiger partial charge in [-0.05, 0) is 90.4 Å². The average molecular weight is 815 g/mol. The van der Waals surface area contributed by atoms with Gasteiger partial charge in [-0.25, -0.2) is 14.8 Å². The van der Waals surface area contributed by atoms with E-state index in [0.29, 0.717) is 19.6 Å². The van der Waals surface area contributed by atoms with Crippen molar-refractivity contribution in [2.75, 3.05) is 34.4 Å². The van der Waals surface area contributed by atoms with E-state index in [1.165, 1.54) is 14.2 Å². The smallest absolute Gasteiger partial charge is 0.407 e. The molecule has 3 atom stereocenters. The molecule has 0 saturated carbocycles. The van der Waals surface area contributed by atoms with Crippen molar-refractivity contribution in [3.05, 3.63) is 108 Å². The molecule has 0 bridgehead atoms. The number of hydrogen-bond donors (Lipinski definition) is 5. The van der Waals surface area contributed by atoms with Crippen molar-refractivity contribution in [1.82, 2.24) is 40.8 Å². The number of fused-ring (bicyclic) bond motifs is 2. The number of carbonyl (C=O) groups is 4. The van der Waals surface area contributed by atoms with Crippen molar-refractivity contribution in [2.45, 2.75) is 64.1 Å². The lowest BCUT2D eigenvalue weighted by Crippen LogP contribution is -2.51. The molecule has 1 saturated heterocycles. The Morgan fingerprint density at radius 2 is 1.62 bits per heavy atom. The van der Waals surface area contributed by atoms with Crippen molar-refractivity contribution in [2.24, 2.45) is 5.92 Å². The molecule has 0 spiro atoms. The van der Waals surface area contributed by atoms with Crippen molar-refractivity contribution >= 4 is 46.2 Å². The highest BCUT2D eigenvalue weighted by atomic mass is 16.5. The number of carbonyl (C=O) groups excluding carboxylic acids is 4. The standard InChI is InChI=1S/C44H50N8O4.C2H4O2/c1-27(2)39(51-44(55)56-4)43(54)52-22-10-13-37(52)41-49-34-20-19-32(25-35(34)50-41)30-15-16-31-24-33(18-17-29(31)23-30)36-26-47-38(48-36)14-8-9-21-46-42(53)40(45-3)28-11-6-5-7-12-28;1-4-2-3/h5-7,11-12,15-20,23-27,37,39-40,45H,8-10,13-14,21-22H2,1-4H3,(H,46,53)(H,47,48)(H,49,50)(H,51,55);2H,1H3. The Balaban J connectivity index is 0.00000144. The predicted octanol–water partition coefficient (Wildman–Crippen LogP) is 7.01. The zero-order chi connectivity index (χ0) is 42.6. The zero-order valence-corrected chi connectivity index (χ0v) is 34.8. The molecule has 5 N–H and O–H groups in total. The van der Waals surface area contributed by atoms with Gasteiger partial charge in [-0.15, -0.1) is 0 Å². The first-order chi connectivity index (χ1) is 29.1. The Kier molecular flexibility index (Phi) is 14.7. The fourth-order valence-corrected chi connectivity index (χ4v) is 7.61. The minimum absolute atomic E-state index is 0.0223. The van der Waals surface area contributed by atoms with E-state index in [1.54, 1.807) is 7.05 Å². The number of nitrogens with one attached hydrogen (secondary N) is 5. The normalized spacial score (nSPS) is 14.6. The summed E-state index contributed by atoms with van der Waals surface area (Å²) >= 11 is 0. The molecule has 0 aliphatic carbocycles. The van der Waals surface area contributed by atoms with Gasteiger partial charge in [-0.1, -0.05) is 74.5 Å². The highest BCUT2D eigenvalue weighted by molar-refractivity contribution is 5.92. The number of unbranched alkanes of at least 4 members (excludes halogenated alkanes) is 1. The van der Waals surface area contributed by atoms with Gasteiger partial charge >= 0.3 is 6.09 Å². The molecule has 2 aromatic heterocycles. The first-order valence-electron chi connectivity index (χ1n) is 20.3. The van der Waals surface area contributed by atoms with E-state index < -0.39 is 12.1 Å². The third kappa shape index (κ3) is 10.4. The number of H-pyrrole nitrogens is 2. The first-order valence-corrected chi connectivity index (χ1v) is 20.3. The lowest BCUT2D eigenvalue weighted by molar-refractivity contribution is -0.135. The maximum absolute atomic E-state index is 13.6. The quantitative estimate of drug-likeness (QED) is 0.0538. The Hall–Kier alpha value is -6.54. The van der Waals surface area contributed by atoms with Gasteiger partial charge in [0.2, 0.25) is 11.8 Å². The molecule has 1 aliphatic heterocycles. The molecule has 3 amide bonds. The Morgan fingerprint density at radius 1 is 0.917 bits per heavy atom. The monoisotopic (exact) mass is 814 g/mol. The van der Waals surface area contributed by atoms with Gasteiger partial charge in [0.05, 0.1) is 43.2 Å². The fourth-order valence-electron chi connectivity index (χ4n) is 7.61. The van der Waals surface area contributed by atoms with Gasteiger partial charge < -0.3 is 40.3 Å². The molecule has 7 rings (SSSR count). The molecule has 3 heterocycles. The van der Waals surface area contributed by atoms with Crippen LogP contribution in [0, 0.1) is 5.92 Å². The first kappa shape index (κ1) is 43.0. The molecule has 0 radical (unpaired) electrons. The topological polar surface area (TPSA) is 183 Å². The van der Waals surface area contributed by atoms with E-state index in [2.05, 4.69) is 84.2 Å². The second-order valence-corrected chi connectivity index (χ2v) is 15.1. The number of aryl methyl sites for hydroxylation is 1. The minimum Gasteiger partial charge on any atom is -0.471 e. The number of hydrogen-bond acceptors (Lipinski definition) is 9. The van der Waals surface area contributed by atoms with E-state index in [-0.39, 0.29) is 29.8 Å². The van der Waals surface area contributed by atoms with Crippen molar-refractivity contribution in [1.29, 1.82) is 0 Å². The minimum atomic E-state index is -0.680. The van der Waals surface area contributed by atoms with Gasteiger partial charge in [-0.3, -0.25) is 14.4 Å². The maximum Gasteiger partial charge on any atom is 0.407 e. The number of alkyl carbamates (subject to hydrolysis) is 1. The lowest BCUT2D eigenvalue weighted by atomic mass is 9.99. The van der Waals surface area contributed by atoms with E-state index in [9.17, 15) is 14.4 Å². The third-order valence-corrected chi connectivity index (χ3v) is 10.8. The van der Waals surface area contributed by atoms with Gasteiger partial charge in [0.1, 0.15) is 23.7 Å². The molecule has 3 unspecified atom stereocenters. The summed E-state index contributed by atoms with van der Waals surface area (Å²) in [5.41, 5.74) is 6.90. The van der Waals surface area contributed by atoms with Crippen LogP contribution in [0.15, 0.2) is 91.1 Å². The van der Waals surface area contributed by atoms with E-state index >= 15 is 0 Å². The Labute approximate surface area is 349 Å². The third-order valence-electron chi connectivity index (χ3n) is 10.8. The number of aromatic nitrogens is 4. The number of likely N-dealkylation sites (tertiary alicyclic amines) is 1. The highest BCUT2D eigenvalue weighted by Crippen LogP contribution is 2.34. The number of ether oxygens (including phenoxy) is 2. The summed E-state index contributed by atoms with van der Waals surface area (Å²) in [6.45, 7) is 5.42. The second kappa shape index (κ2) is 20.4. The number of nitrogens with zero attached hydrogens (tertiary/aromatic N) is 3. The number of aromatic amines is 2. The average Bonchev–Trinajstić information content (AvgIpc) is 4.06. The maximum atomic E-state index is 13.6. The molecule has 14 nitrogen and oxygen atoms in total. The van der Waals surface area contributed by atoms with Crippen LogP contribution >= 0.6 is 0 Å². The molecular weight excluding hydrogens is 761 g/mol. The molecule has 314 valence electrons. The zero-order valence-electron chi connectivity index (χ0n) is 34.8. The molecule has 6 aromatic rings. The Bertz CT molecular complexity index is 2390. The van der Waals surface area contributed by atoms with Crippen LogP contribution in [-0.4, -0.2) is 89.6 Å². The Morgan fingerprint density at radius 3 is 2.32 bits per heavy atom. The number of rotatable bonds is 15. The van der Waals surface area contributed by atoms with Crippen LogP contribution < -0.4 is 16.0 Å². The number of methoxy groups -OCH3 is 2. The molecule has 1 aliphatic rings. The summed E-state index contributed by atoms with van der Waals surface area (Å²) in [5.74, 6) is 1.44. The molecular formula is C46H54N8O6. The van der Waals surface area contributed by atoms with Crippen LogP contribution in [0.1, 0.15) is 68.8 Å². The summed E-state index contributed by atoms with van der Waals surface area (Å²) in [5, 5.41) is 11.1. The summed E-state index contributed by atoms with van der Waals surface area (Å²) < 4.78 is 8.64. The number of likely N-dealkylation sites (N-methyl/N-ethyl adjacent to an activating group) is 1. The van der Waals surface area contributed by atoms with E-state index in [0.717, 1.165) is 93.5 Å². The van der Waals surface area contributed by atoms with Gasteiger partial charge in [0, 0.05) is 25.1 Å². The summed E-state index contributed by atoms with van der Waals surface area (Å²) in [6.07, 6.45) is 5.49. The van der Waals surface area contributed by atoms with Crippen LogP contribution in [0.3, 0.4) is 0 Å². The molecule has 1 fully saturated rings. The summed E-state index contributed by atoms with van der Waals surface area (Å²) in [7, 11) is 4.41. The number of benzene rings is 4. The van der Waals surface area contributed by atoms with E-state index in [4.69, 9.17) is 14.5 Å². The van der Waals surface area contributed by atoms with Gasteiger partial charge in [0.25, 0.3) is 6.47 Å². The number of imidazole rings is 2. The van der Waals surface area contributed by atoms with Gasteiger partial charge in [-0.2, -0.15) is 0 Å². The molecule has 14 heteroatoms. The van der Waals surface area contributed by atoms with Gasteiger partial charge in [0.15, 0.2) is 0 Å². The molecule has 4 aromatic carbocycles. The van der Waals surface area contributed by atoms with Crippen molar-refractivity contribution < 1.29 is 28.7 Å². The van der Waals surface area contributed by atoms with Crippen LogP contribution in [0.5, 0.6) is 0 Å². The SMILES string of the molecule is CNC(C(=O)NCCCCc1ncc(-c2ccc3cc(-c4ccc5nc(C6CCCN6C(=O)C(NC(=O)OC)C(C)C)[nH]c5c4)ccc3c2)[nH]1)c1ccccc1.COC=O. The largest absolute Gasteiger partial charge is 0.471 e. The van der Waals surface area contributed by atoms with Crippen molar-refractivity contribution in [3.63, 3.8) is 0 Å².